The van der Waals surface area contributed by atoms with Crippen molar-refractivity contribution < 1.29 is 34.1 Å². The van der Waals surface area contributed by atoms with Gasteiger partial charge in [-0.2, -0.15) is 0 Å². The lowest BCUT2D eigenvalue weighted by Crippen LogP contribution is -2.11. The first kappa shape index (κ1) is 15.6. The predicted molar refractivity (Wildman–Crippen MR) is 66.8 cm³/mol. The van der Waals surface area contributed by atoms with Crippen LogP contribution in [0.3, 0.4) is 0 Å². The van der Waals surface area contributed by atoms with E-state index in [1.54, 1.807) is 0 Å². The van der Waals surface area contributed by atoms with Crippen LogP contribution in [0.25, 0.3) is 0 Å². The van der Waals surface area contributed by atoms with E-state index in [0.717, 1.165) is 0 Å². The molecule has 0 aliphatic rings. The number of ketones is 1. The van der Waals surface area contributed by atoms with Crippen LogP contribution in [0.5, 0.6) is 5.75 Å². The number of carboxylic acids is 1. The summed E-state index contributed by atoms with van der Waals surface area (Å²) in [4.78, 5) is 33.4. The largest absolute Gasteiger partial charge is 0.507 e. The zero-order valence-electron chi connectivity index (χ0n) is 10.8. The second kappa shape index (κ2) is 7.25. The van der Waals surface area contributed by atoms with Gasteiger partial charge in [-0.25, -0.2) is 9.59 Å². The summed E-state index contributed by atoms with van der Waals surface area (Å²) in [6, 6.07) is 3.77. The van der Waals surface area contributed by atoms with Crippen molar-refractivity contribution in [2.24, 2.45) is 0 Å². The number of phenols is 1. The Balaban J connectivity index is 2.71. The van der Waals surface area contributed by atoms with Gasteiger partial charge in [0.05, 0.1) is 24.8 Å². The lowest BCUT2D eigenvalue weighted by molar-refractivity contribution is -0.142. The first-order valence-corrected chi connectivity index (χ1v) is 5.69. The molecule has 0 radical (unpaired) electrons. The van der Waals surface area contributed by atoms with Gasteiger partial charge in [-0.3, -0.25) is 4.79 Å². The topological polar surface area (TPSA) is 110 Å². The molecular formula is C13H14O7. The van der Waals surface area contributed by atoms with Crippen molar-refractivity contribution in [1.29, 1.82) is 0 Å². The number of aromatic hydroxyl groups is 1. The number of carbonyl (C=O) groups is 3. The first-order valence-electron chi connectivity index (χ1n) is 5.69. The number of hydrogen-bond donors (Lipinski definition) is 2. The molecule has 0 atom stereocenters. The highest BCUT2D eigenvalue weighted by molar-refractivity contribution is 6.01. The summed E-state index contributed by atoms with van der Waals surface area (Å²) in [7, 11) is 1.20. The third kappa shape index (κ3) is 4.36. The highest BCUT2D eigenvalue weighted by Crippen LogP contribution is 2.20. The number of rotatable bonds is 7. The van der Waals surface area contributed by atoms with Crippen molar-refractivity contribution in [3.8, 4) is 5.75 Å². The summed E-state index contributed by atoms with van der Waals surface area (Å²) in [6.45, 7) is -0.589. The molecular weight excluding hydrogens is 268 g/mol. The van der Waals surface area contributed by atoms with Crippen LogP contribution < -0.4 is 0 Å². The maximum absolute atomic E-state index is 11.8. The zero-order valence-corrected chi connectivity index (χ0v) is 10.8. The molecule has 0 aliphatic carbocycles. The molecule has 0 bridgehead atoms. The van der Waals surface area contributed by atoms with E-state index in [1.807, 2.05) is 0 Å². The Kier molecular flexibility index (Phi) is 5.67. The van der Waals surface area contributed by atoms with Crippen molar-refractivity contribution in [2.75, 3.05) is 20.3 Å². The molecule has 0 spiro atoms. The van der Waals surface area contributed by atoms with E-state index in [2.05, 4.69) is 4.74 Å². The number of methoxy groups -OCH3 is 1. The van der Waals surface area contributed by atoms with Crippen LogP contribution in [-0.2, 0) is 14.3 Å². The van der Waals surface area contributed by atoms with Gasteiger partial charge in [-0.05, 0) is 18.2 Å². The number of Topliss-reactive ketones (excluding diaryl/α,β-unsaturated/α-hetero) is 1. The van der Waals surface area contributed by atoms with E-state index < -0.39 is 24.3 Å². The maximum atomic E-state index is 11.8. The van der Waals surface area contributed by atoms with E-state index in [0.29, 0.717) is 0 Å². The molecule has 20 heavy (non-hydrogen) atoms. The lowest BCUT2D eigenvalue weighted by Gasteiger charge is -2.06. The minimum absolute atomic E-state index is 0.0353. The molecule has 0 heterocycles. The summed E-state index contributed by atoms with van der Waals surface area (Å²) in [5.74, 6) is -2.48. The van der Waals surface area contributed by atoms with Crippen LogP contribution >= 0.6 is 0 Å². The van der Waals surface area contributed by atoms with E-state index >= 15 is 0 Å². The SMILES string of the molecule is COC(=O)c1ccc(O)c(C(=O)CCOCC(=O)O)c1. The molecule has 108 valence electrons. The number of benzene rings is 1. The Bertz CT molecular complexity index is 521. The maximum Gasteiger partial charge on any atom is 0.337 e. The molecule has 0 saturated carbocycles. The molecule has 0 aliphatic heterocycles. The fourth-order valence-electron chi connectivity index (χ4n) is 1.46. The van der Waals surface area contributed by atoms with Crippen molar-refractivity contribution in [1.82, 2.24) is 0 Å². The second-order valence-corrected chi connectivity index (χ2v) is 3.84. The molecule has 0 aromatic heterocycles. The zero-order chi connectivity index (χ0) is 15.1. The first-order chi connectivity index (χ1) is 9.45. The summed E-state index contributed by atoms with van der Waals surface area (Å²) in [5, 5.41) is 18.0. The number of phenolic OH excluding ortho intramolecular Hbond substituents is 1. The van der Waals surface area contributed by atoms with Gasteiger partial charge in [0.25, 0.3) is 0 Å². The fourth-order valence-corrected chi connectivity index (χ4v) is 1.46. The monoisotopic (exact) mass is 282 g/mol. The lowest BCUT2D eigenvalue weighted by atomic mass is 10.0. The molecule has 1 rings (SSSR count). The molecule has 0 amide bonds. The fraction of sp³-hybridized carbons (Fsp3) is 0.308. The Morgan fingerprint density at radius 1 is 1.25 bits per heavy atom. The minimum Gasteiger partial charge on any atom is -0.507 e. The van der Waals surface area contributed by atoms with Gasteiger partial charge >= 0.3 is 11.9 Å². The Hall–Kier alpha value is -2.41. The van der Waals surface area contributed by atoms with E-state index in [4.69, 9.17) is 9.84 Å². The van der Waals surface area contributed by atoms with Crippen molar-refractivity contribution in [2.45, 2.75) is 6.42 Å². The number of hydrogen-bond acceptors (Lipinski definition) is 6. The molecule has 7 nitrogen and oxygen atoms in total. The summed E-state index contributed by atoms with van der Waals surface area (Å²) in [5.41, 5.74) is 0.104. The van der Waals surface area contributed by atoms with E-state index in [1.165, 1.54) is 25.3 Å². The highest BCUT2D eigenvalue weighted by atomic mass is 16.5. The van der Waals surface area contributed by atoms with E-state index in [-0.39, 0.29) is 29.9 Å². The molecule has 0 saturated heterocycles. The third-order valence-corrected chi connectivity index (χ3v) is 2.42. The average Bonchev–Trinajstić information content (AvgIpc) is 2.42. The van der Waals surface area contributed by atoms with Crippen LogP contribution in [0.4, 0.5) is 0 Å². The van der Waals surface area contributed by atoms with Crippen molar-refractivity contribution in [3.05, 3.63) is 29.3 Å². The van der Waals surface area contributed by atoms with Gasteiger partial charge in [0.1, 0.15) is 12.4 Å². The van der Waals surface area contributed by atoms with Crippen LogP contribution in [-0.4, -0.2) is 48.3 Å². The summed E-state index contributed by atoms with van der Waals surface area (Å²) < 4.78 is 9.25. The van der Waals surface area contributed by atoms with E-state index in [9.17, 15) is 19.5 Å². The predicted octanol–water partition coefficient (Wildman–Crippen LogP) is 0.853. The van der Waals surface area contributed by atoms with Gasteiger partial charge in [-0.1, -0.05) is 0 Å². The number of esters is 1. The molecule has 1 aromatic carbocycles. The quantitative estimate of drug-likeness (QED) is 0.433. The van der Waals surface area contributed by atoms with Gasteiger partial charge in [0.2, 0.25) is 0 Å². The number of ether oxygens (including phenoxy) is 2. The number of aliphatic carboxylic acids is 1. The van der Waals surface area contributed by atoms with Gasteiger partial charge in [0, 0.05) is 6.42 Å². The van der Waals surface area contributed by atoms with Crippen LogP contribution in [0.1, 0.15) is 27.1 Å². The number of carboxylic acid groups (broad SMARTS) is 1. The Morgan fingerprint density at radius 2 is 1.95 bits per heavy atom. The van der Waals surface area contributed by atoms with Crippen LogP contribution in [0, 0.1) is 0 Å². The molecule has 0 unspecified atom stereocenters. The Morgan fingerprint density at radius 3 is 2.55 bits per heavy atom. The van der Waals surface area contributed by atoms with Crippen LogP contribution in [0.2, 0.25) is 0 Å². The molecule has 1 aromatic rings. The Labute approximate surface area is 114 Å². The van der Waals surface area contributed by atoms with Crippen molar-refractivity contribution >= 4 is 17.7 Å². The van der Waals surface area contributed by atoms with Gasteiger partial charge < -0.3 is 19.7 Å². The molecule has 2 N–H and O–H groups in total. The van der Waals surface area contributed by atoms with Crippen LogP contribution in [0.15, 0.2) is 18.2 Å². The average molecular weight is 282 g/mol. The molecule has 0 fully saturated rings. The summed E-state index contributed by atoms with van der Waals surface area (Å²) in [6.07, 6.45) is -0.106. The highest BCUT2D eigenvalue weighted by Gasteiger charge is 2.15. The molecule has 7 heteroatoms. The standard InChI is InChI=1S/C13H14O7/c1-19-13(18)8-2-3-10(14)9(6-8)11(15)4-5-20-7-12(16)17/h2-3,6,14H,4-5,7H2,1H3,(H,16,17). The second-order valence-electron chi connectivity index (χ2n) is 3.84. The van der Waals surface area contributed by atoms with Crippen molar-refractivity contribution in [3.63, 3.8) is 0 Å². The van der Waals surface area contributed by atoms with Gasteiger partial charge in [-0.15, -0.1) is 0 Å². The normalized spacial score (nSPS) is 10.1. The minimum atomic E-state index is -1.13. The van der Waals surface area contributed by atoms with Gasteiger partial charge in [0.15, 0.2) is 5.78 Å². The summed E-state index contributed by atoms with van der Waals surface area (Å²) >= 11 is 0. The smallest absolute Gasteiger partial charge is 0.337 e. The number of carbonyl (C=O) groups excluding carboxylic acids is 2. The third-order valence-electron chi connectivity index (χ3n) is 2.42.